The number of nitrogens with zero attached hydrogens (tertiary/aromatic N) is 3. The molecule has 2 aromatic heterocycles. The van der Waals surface area contributed by atoms with Crippen molar-refractivity contribution >= 4 is 11.6 Å². The summed E-state index contributed by atoms with van der Waals surface area (Å²) in [6.07, 6.45) is 5.53. The number of hydrogen-bond acceptors (Lipinski definition) is 4. The molecule has 28 heavy (non-hydrogen) atoms. The van der Waals surface area contributed by atoms with Crippen molar-refractivity contribution in [1.82, 2.24) is 19.9 Å². The summed E-state index contributed by atoms with van der Waals surface area (Å²) in [6.45, 7) is 4.05. The lowest BCUT2D eigenvalue weighted by molar-refractivity contribution is -0.122. The molecule has 6 nitrogen and oxygen atoms in total. The van der Waals surface area contributed by atoms with Crippen LogP contribution in [0.5, 0.6) is 0 Å². The van der Waals surface area contributed by atoms with Gasteiger partial charge in [-0.25, -0.2) is 18.3 Å². The van der Waals surface area contributed by atoms with Gasteiger partial charge in [-0.15, -0.1) is 0 Å². The first-order chi connectivity index (χ1) is 13.1. The van der Waals surface area contributed by atoms with Gasteiger partial charge in [-0.05, 0) is 57.1 Å². The van der Waals surface area contributed by atoms with Crippen LogP contribution in [-0.4, -0.2) is 32.0 Å². The van der Waals surface area contributed by atoms with Gasteiger partial charge in [0.2, 0.25) is 11.8 Å². The van der Waals surface area contributed by atoms with Crippen LogP contribution in [0.1, 0.15) is 63.3 Å². The van der Waals surface area contributed by atoms with Gasteiger partial charge in [-0.1, -0.05) is 0 Å². The van der Waals surface area contributed by atoms with Gasteiger partial charge in [0.15, 0.2) is 5.65 Å². The van der Waals surface area contributed by atoms with Crippen LogP contribution in [0.2, 0.25) is 0 Å². The fourth-order valence-corrected chi connectivity index (χ4v) is 4.51. The standard InChI is InChI=1S/C20H27F2N5O/c1-19(2)9-14(18(28)26-19)7-12-8-16-25-15(11-27(16)24-10-12)17(23)13-3-5-20(21,22)6-4-13/h8,10-11,13-14,17H,3-7,9,23H2,1-2H3,(H,26,28)/t14?,17-/m0/s1. The molecule has 1 aliphatic carbocycles. The molecule has 152 valence electrons. The summed E-state index contributed by atoms with van der Waals surface area (Å²) >= 11 is 0. The molecule has 1 saturated heterocycles. The molecule has 8 heteroatoms. The maximum absolute atomic E-state index is 13.4. The minimum absolute atomic E-state index is 0.00780. The van der Waals surface area contributed by atoms with E-state index in [2.05, 4.69) is 15.4 Å². The van der Waals surface area contributed by atoms with Crippen molar-refractivity contribution in [2.75, 3.05) is 0 Å². The van der Waals surface area contributed by atoms with E-state index in [0.717, 1.165) is 12.0 Å². The third kappa shape index (κ3) is 3.87. The Morgan fingerprint density at radius 1 is 1.36 bits per heavy atom. The first-order valence-electron chi connectivity index (χ1n) is 9.92. The van der Waals surface area contributed by atoms with E-state index in [-0.39, 0.29) is 42.2 Å². The van der Waals surface area contributed by atoms with Crippen molar-refractivity contribution in [2.45, 2.75) is 69.9 Å². The van der Waals surface area contributed by atoms with E-state index in [1.165, 1.54) is 0 Å². The summed E-state index contributed by atoms with van der Waals surface area (Å²) in [7, 11) is 0. The molecule has 2 aliphatic rings. The molecule has 1 unspecified atom stereocenters. The van der Waals surface area contributed by atoms with Crippen molar-refractivity contribution in [3.63, 3.8) is 0 Å². The molecule has 3 heterocycles. The van der Waals surface area contributed by atoms with Gasteiger partial charge in [0.1, 0.15) is 0 Å². The molecule has 2 fully saturated rings. The summed E-state index contributed by atoms with van der Waals surface area (Å²) in [4.78, 5) is 16.7. The predicted molar refractivity (Wildman–Crippen MR) is 101 cm³/mol. The number of carbonyl (C=O) groups excluding carboxylic acids is 1. The fraction of sp³-hybridized carbons (Fsp3) is 0.650. The highest BCUT2D eigenvalue weighted by Gasteiger charge is 2.38. The third-order valence-corrected chi connectivity index (χ3v) is 6.08. The monoisotopic (exact) mass is 391 g/mol. The number of rotatable bonds is 4. The Morgan fingerprint density at radius 3 is 2.71 bits per heavy atom. The van der Waals surface area contributed by atoms with E-state index in [9.17, 15) is 13.6 Å². The third-order valence-electron chi connectivity index (χ3n) is 6.08. The molecule has 0 bridgehead atoms. The Morgan fingerprint density at radius 2 is 2.07 bits per heavy atom. The number of fused-ring (bicyclic) bond motifs is 1. The average molecular weight is 391 g/mol. The van der Waals surface area contributed by atoms with Gasteiger partial charge >= 0.3 is 0 Å². The zero-order valence-corrected chi connectivity index (χ0v) is 16.3. The maximum atomic E-state index is 13.4. The number of aromatic nitrogens is 3. The Bertz CT molecular complexity index is 884. The molecule has 1 aliphatic heterocycles. The summed E-state index contributed by atoms with van der Waals surface area (Å²) in [5.41, 5.74) is 8.46. The number of halogens is 2. The second-order valence-corrected chi connectivity index (χ2v) is 9.03. The largest absolute Gasteiger partial charge is 0.351 e. The van der Waals surface area contributed by atoms with Crippen LogP contribution in [0.3, 0.4) is 0 Å². The van der Waals surface area contributed by atoms with Crippen molar-refractivity contribution in [2.24, 2.45) is 17.6 Å². The number of nitrogens with two attached hydrogens (primary N) is 1. The minimum atomic E-state index is -2.56. The summed E-state index contributed by atoms with van der Waals surface area (Å²) in [5.74, 6) is -2.55. The van der Waals surface area contributed by atoms with Crippen molar-refractivity contribution in [3.05, 3.63) is 29.7 Å². The molecule has 3 N–H and O–H groups in total. The number of carbonyl (C=O) groups is 1. The predicted octanol–water partition coefficient (Wildman–Crippen LogP) is 3.01. The first-order valence-corrected chi connectivity index (χ1v) is 9.92. The number of amides is 1. The van der Waals surface area contributed by atoms with Gasteiger partial charge in [-0.3, -0.25) is 4.79 Å². The number of hydrogen-bond donors (Lipinski definition) is 2. The van der Waals surface area contributed by atoms with Crippen molar-refractivity contribution in [1.29, 1.82) is 0 Å². The zero-order valence-electron chi connectivity index (χ0n) is 16.3. The van der Waals surface area contributed by atoms with Gasteiger partial charge in [-0.2, -0.15) is 5.10 Å². The second-order valence-electron chi connectivity index (χ2n) is 9.03. The summed E-state index contributed by atoms with van der Waals surface area (Å²) < 4.78 is 28.5. The first kappa shape index (κ1) is 19.2. The molecule has 1 amide bonds. The average Bonchev–Trinajstić information content (AvgIpc) is 3.14. The minimum Gasteiger partial charge on any atom is -0.351 e. The highest BCUT2D eigenvalue weighted by atomic mass is 19.3. The Hall–Kier alpha value is -2.09. The molecule has 1 saturated carbocycles. The molecule has 0 aromatic carbocycles. The van der Waals surface area contributed by atoms with E-state index < -0.39 is 5.92 Å². The quantitative estimate of drug-likeness (QED) is 0.839. The molecule has 0 spiro atoms. The van der Waals surface area contributed by atoms with Crippen LogP contribution in [-0.2, 0) is 11.2 Å². The SMILES string of the molecule is CC1(C)CC(Cc2cnn3cc([C@@H](N)C4CCC(F)(F)CC4)nc3c2)C(=O)N1. The van der Waals surface area contributed by atoms with E-state index >= 15 is 0 Å². The molecule has 0 radical (unpaired) electrons. The smallest absolute Gasteiger partial charge is 0.248 e. The van der Waals surface area contributed by atoms with E-state index in [0.29, 0.717) is 30.6 Å². The van der Waals surface area contributed by atoms with Gasteiger partial charge < -0.3 is 11.1 Å². The van der Waals surface area contributed by atoms with E-state index in [1.807, 2.05) is 19.9 Å². The topological polar surface area (TPSA) is 85.3 Å². The van der Waals surface area contributed by atoms with Crippen LogP contribution in [0.15, 0.2) is 18.5 Å². The number of nitrogens with one attached hydrogen (secondary N) is 1. The summed E-state index contributed by atoms with van der Waals surface area (Å²) in [5, 5.41) is 7.41. The lowest BCUT2D eigenvalue weighted by Crippen LogP contribution is -2.34. The van der Waals surface area contributed by atoms with E-state index in [1.54, 1.807) is 16.9 Å². The molecular weight excluding hydrogens is 364 g/mol. The lowest BCUT2D eigenvalue weighted by Gasteiger charge is -2.31. The van der Waals surface area contributed by atoms with Crippen molar-refractivity contribution < 1.29 is 13.6 Å². The van der Waals surface area contributed by atoms with Crippen molar-refractivity contribution in [3.8, 4) is 0 Å². The van der Waals surface area contributed by atoms with Gasteiger partial charge in [0.05, 0.1) is 24.1 Å². The molecule has 2 atom stereocenters. The van der Waals surface area contributed by atoms with Crippen LogP contribution >= 0.6 is 0 Å². The van der Waals surface area contributed by atoms with Crippen LogP contribution in [0.4, 0.5) is 8.78 Å². The Balaban J connectivity index is 1.48. The second kappa shape index (κ2) is 6.76. The highest BCUT2D eigenvalue weighted by molar-refractivity contribution is 5.82. The Kier molecular flexibility index (Phi) is 4.64. The maximum Gasteiger partial charge on any atom is 0.248 e. The van der Waals surface area contributed by atoms with Crippen LogP contribution in [0.25, 0.3) is 5.65 Å². The normalized spacial score (nSPS) is 25.8. The van der Waals surface area contributed by atoms with Gasteiger partial charge in [0, 0.05) is 24.3 Å². The molecule has 2 aromatic rings. The summed E-state index contributed by atoms with van der Waals surface area (Å²) in [6, 6.07) is 1.55. The van der Waals surface area contributed by atoms with E-state index in [4.69, 9.17) is 5.73 Å². The number of alkyl halides is 2. The molecular formula is C20H27F2N5O. The zero-order chi connectivity index (χ0) is 20.1. The number of imidazole rings is 1. The Labute approximate surface area is 162 Å². The lowest BCUT2D eigenvalue weighted by atomic mass is 9.81. The highest BCUT2D eigenvalue weighted by Crippen LogP contribution is 2.40. The molecule has 4 rings (SSSR count). The van der Waals surface area contributed by atoms with Crippen LogP contribution < -0.4 is 11.1 Å². The van der Waals surface area contributed by atoms with Crippen LogP contribution in [0, 0.1) is 11.8 Å². The fourth-order valence-electron chi connectivity index (χ4n) is 4.51. The van der Waals surface area contributed by atoms with Gasteiger partial charge in [0.25, 0.3) is 0 Å².